The van der Waals surface area contributed by atoms with Crippen LogP contribution in [0.3, 0.4) is 0 Å². The third-order valence-corrected chi connectivity index (χ3v) is 3.76. The summed E-state index contributed by atoms with van der Waals surface area (Å²) in [6.45, 7) is 6.22. The van der Waals surface area contributed by atoms with E-state index < -0.39 is 0 Å². The molecule has 3 aromatic rings. The smallest absolute Gasteiger partial charge is 0.163 e. The molecule has 0 spiro atoms. The minimum atomic E-state index is 0.426. The molecule has 0 unspecified atom stereocenters. The molecule has 1 heterocycles. The summed E-state index contributed by atoms with van der Waals surface area (Å²) in [5, 5.41) is 13.6. The quantitative estimate of drug-likeness (QED) is 0.703. The van der Waals surface area contributed by atoms with Crippen molar-refractivity contribution < 1.29 is 0 Å². The van der Waals surface area contributed by atoms with E-state index in [2.05, 4.69) is 62.3 Å². The van der Waals surface area contributed by atoms with Gasteiger partial charge in [-0.25, -0.2) is 4.68 Å². The number of rotatable bonds is 2. The Morgan fingerprint density at radius 3 is 2.23 bits per heavy atom. The van der Waals surface area contributed by atoms with Crippen molar-refractivity contribution >= 4 is 0 Å². The molecule has 0 amide bonds. The zero-order valence-electron chi connectivity index (χ0n) is 13.0. The summed E-state index contributed by atoms with van der Waals surface area (Å²) in [6, 6.07) is 18.5. The van der Waals surface area contributed by atoms with Gasteiger partial charge in [-0.2, -0.15) is 10.4 Å². The second-order valence-corrected chi connectivity index (χ2v) is 5.59. The van der Waals surface area contributed by atoms with E-state index in [1.54, 1.807) is 0 Å². The van der Waals surface area contributed by atoms with Crippen LogP contribution in [-0.2, 0) is 0 Å². The summed E-state index contributed by atoms with van der Waals surface area (Å²) in [4.78, 5) is 0. The Kier molecular flexibility index (Phi) is 3.52. The number of hydrogen-bond donors (Lipinski definition) is 0. The Morgan fingerprint density at radius 2 is 1.59 bits per heavy atom. The van der Waals surface area contributed by atoms with Crippen molar-refractivity contribution in [1.29, 1.82) is 5.26 Å². The molecule has 22 heavy (non-hydrogen) atoms. The fraction of sp³-hybridized carbons (Fsp3) is 0.158. The van der Waals surface area contributed by atoms with Crippen LogP contribution in [0.4, 0.5) is 0 Å². The molecule has 0 aliphatic carbocycles. The summed E-state index contributed by atoms with van der Waals surface area (Å²) in [5.74, 6) is 0. The molecule has 0 radical (unpaired) electrons. The SMILES string of the molecule is Cc1ccc(-n2nc(C#N)cc2-c2ccc(C)cc2C)cc1. The van der Waals surface area contributed by atoms with Crippen LogP contribution in [0.15, 0.2) is 48.5 Å². The molecule has 108 valence electrons. The van der Waals surface area contributed by atoms with Crippen LogP contribution < -0.4 is 0 Å². The van der Waals surface area contributed by atoms with Crippen molar-refractivity contribution in [2.75, 3.05) is 0 Å². The average molecular weight is 287 g/mol. The van der Waals surface area contributed by atoms with Gasteiger partial charge >= 0.3 is 0 Å². The van der Waals surface area contributed by atoms with E-state index in [0.29, 0.717) is 5.69 Å². The van der Waals surface area contributed by atoms with E-state index in [1.807, 2.05) is 22.9 Å². The molecule has 0 bridgehead atoms. The lowest BCUT2D eigenvalue weighted by Gasteiger charge is -2.10. The Morgan fingerprint density at radius 1 is 0.909 bits per heavy atom. The molecule has 3 heteroatoms. The lowest BCUT2D eigenvalue weighted by Crippen LogP contribution is -2.00. The standard InChI is InChI=1S/C19H17N3/c1-13-4-7-17(8-5-13)22-19(11-16(12-20)21-22)18-9-6-14(2)10-15(18)3/h4-11H,1-3H3. The maximum atomic E-state index is 9.20. The van der Waals surface area contributed by atoms with Gasteiger partial charge in [0.2, 0.25) is 0 Å². The van der Waals surface area contributed by atoms with Gasteiger partial charge in [-0.05, 0) is 38.5 Å². The van der Waals surface area contributed by atoms with Crippen molar-refractivity contribution in [2.45, 2.75) is 20.8 Å². The second-order valence-electron chi connectivity index (χ2n) is 5.59. The van der Waals surface area contributed by atoms with E-state index in [4.69, 9.17) is 0 Å². The topological polar surface area (TPSA) is 41.6 Å². The normalized spacial score (nSPS) is 10.5. The summed E-state index contributed by atoms with van der Waals surface area (Å²) in [7, 11) is 0. The van der Waals surface area contributed by atoms with E-state index >= 15 is 0 Å². The summed E-state index contributed by atoms with van der Waals surface area (Å²) >= 11 is 0. The van der Waals surface area contributed by atoms with Crippen LogP contribution in [0.25, 0.3) is 16.9 Å². The summed E-state index contributed by atoms with van der Waals surface area (Å²) in [5.41, 5.74) is 7.03. The molecule has 0 aliphatic rings. The maximum absolute atomic E-state index is 9.20. The van der Waals surface area contributed by atoms with Gasteiger partial charge in [0.05, 0.1) is 11.4 Å². The van der Waals surface area contributed by atoms with Gasteiger partial charge in [0.25, 0.3) is 0 Å². The minimum absolute atomic E-state index is 0.426. The highest BCUT2D eigenvalue weighted by molar-refractivity contribution is 5.67. The van der Waals surface area contributed by atoms with Crippen LogP contribution >= 0.6 is 0 Å². The first kappa shape index (κ1) is 14.1. The molecule has 0 saturated heterocycles. The Balaban J connectivity index is 2.21. The molecule has 0 fully saturated rings. The van der Waals surface area contributed by atoms with Gasteiger partial charge in [-0.3, -0.25) is 0 Å². The van der Waals surface area contributed by atoms with Crippen LogP contribution in [0.2, 0.25) is 0 Å². The largest absolute Gasteiger partial charge is 0.232 e. The number of aromatic nitrogens is 2. The average Bonchev–Trinajstić information content (AvgIpc) is 2.92. The zero-order chi connectivity index (χ0) is 15.7. The predicted molar refractivity (Wildman–Crippen MR) is 87.9 cm³/mol. The predicted octanol–water partition coefficient (Wildman–Crippen LogP) is 4.34. The Labute approximate surface area is 130 Å². The van der Waals surface area contributed by atoms with Gasteiger partial charge in [0.15, 0.2) is 5.69 Å². The minimum Gasteiger partial charge on any atom is -0.232 e. The van der Waals surface area contributed by atoms with Gasteiger partial charge in [0.1, 0.15) is 6.07 Å². The highest BCUT2D eigenvalue weighted by Crippen LogP contribution is 2.27. The van der Waals surface area contributed by atoms with E-state index in [-0.39, 0.29) is 0 Å². The zero-order valence-corrected chi connectivity index (χ0v) is 13.0. The van der Waals surface area contributed by atoms with Crippen molar-refractivity contribution in [3.63, 3.8) is 0 Å². The number of nitrogens with zero attached hydrogens (tertiary/aromatic N) is 3. The van der Waals surface area contributed by atoms with Crippen LogP contribution in [0.1, 0.15) is 22.4 Å². The van der Waals surface area contributed by atoms with E-state index in [9.17, 15) is 5.26 Å². The first-order valence-electron chi connectivity index (χ1n) is 7.23. The molecule has 0 aliphatic heterocycles. The van der Waals surface area contributed by atoms with Gasteiger partial charge in [-0.1, -0.05) is 41.5 Å². The molecular weight excluding hydrogens is 270 g/mol. The number of nitriles is 1. The lowest BCUT2D eigenvalue weighted by atomic mass is 10.0. The molecule has 1 aromatic heterocycles. The van der Waals surface area contributed by atoms with Crippen molar-refractivity contribution in [3.05, 3.63) is 70.9 Å². The van der Waals surface area contributed by atoms with Gasteiger partial charge in [-0.15, -0.1) is 0 Å². The van der Waals surface area contributed by atoms with Crippen LogP contribution in [0, 0.1) is 32.1 Å². The van der Waals surface area contributed by atoms with E-state index in [0.717, 1.165) is 16.9 Å². The third-order valence-electron chi connectivity index (χ3n) is 3.76. The summed E-state index contributed by atoms with van der Waals surface area (Å²) < 4.78 is 1.84. The molecular formula is C19H17N3. The van der Waals surface area contributed by atoms with E-state index in [1.165, 1.54) is 16.7 Å². The Bertz CT molecular complexity index is 865. The molecule has 0 saturated carbocycles. The highest BCUT2D eigenvalue weighted by atomic mass is 15.3. The van der Waals surface area contributed by atoms with Crippen molar-refractivity contribution in [3.8, 4) is 23.0 Å². The molecule has 3 nitrogen and oxygen atoms in total. The molecule has 2 aromatic carbocycles. The fourth-order valence-electron chi connectivity index (χ4n) is 2.61. The monoisotopic (exact) mass is 287 g/mol. The molecule has 0 N–H and O–H groups in total. The number of hydrogen-bond acceptors (Lipinski definition) is 2. The summed E-state index contributed by atoms with van der Waals surface area (Å²) in [6.07, 6.45) is 0. The van der Waals surface area contributed by atoms with Crippen molar-refractivity contribution in [2.24, 2.45) is 0 Å². The fourth-order valence-corrected chi connectivity index (χ4v) is 2.61. The maximum Gasteiger partial charge on any atom is 0.163 e. The molecule has 0 atom stereocenters. The second kappa shape index (κ2) is 5.50. The van der Waals surface area contributed by atoms with Crippen molar-refractivity contribution in [1.82, 2.24) is 9.78 Å². The van der Waals surface area contributed by atoms with Gasteiger partial charge in [0, 0.05) is 11.6 Å². The molecule has 3 rings (SSSR count). The number of aryl methyl sites for hydroxylation is 3. The van der Waals surface area contributed by atoms with Crippen LogP contribution in [0.5, 0.6) is 0 Å². The number of benzene rings is 2. The Hall–Kier alpha value is -2.86. The first-order chi connectivity index (χ1) is 10.6. The first-order valence-corrected chi connectivity index (χ1v) is 7.23. The highest BCUT2D eigenvalue weighted by Gasteiger charge is 2.13. The lowest BCUT2D eigenvalue weighted by molar-refractivity contribution is 0.879. The van der Waals surface area contributed by atoms with Gasteiger partial charge < -0.3 is 0 Å². The van der Waals surface area contributed by atoms with Crippen LogP contribution in [-0.4, -0.2) is 9.78 Å². The third kappa shape index (κ3) is 2.51.